The van der Waals surface area contributed by atoms with E-state index in [1.807, 2.05) is 24.3 Å². The summed E-state index contributed by atoms with van der Waals surface area (Å²) in [5.74, 6) is 1.55. The van der Waals surface area contributed by atoms with E-state index in [9.17, 15) is 9.59 Å². The van der Waals surface area contributed by atoms with Crippen LogP contribution in [-0.4, -0.2) is 20.1 Å². The third kappa shape index (κ3) is 4.70. The Bertz CT molecular complexity index is 1340. The second kappa shape index (κ2) is 9.22. The number of rotatable bonds is 6. The molecule has 0 unspecified atom stereocenters. The first kappa shape index (κ1) is 20.9. The van der Waals surface area contributed by atoms with Crippen molar-refractivity contribution < 1.29 is 18.7 Å². The number of carbonyl (C=O) groups is 1. The van der Waals surface area contributed by atoms with Crippen LogP contribution in [0, 0.1) is 0 Å². The lowest BCUT2D eigenvalue weighted by molar-refractivity contribution is -0.111. The topological polar surface area (TPSA) is 77.8 Å². The number of benzene rings is 3. The maximum absolute atomic E-state index is 12.5. The fourth-order valence-corrected chi connectivity index (χ4v) is 3.19. The fraction of sp³-hybridized carbons (Fsp3) is 0.0769. The van der Waals surface area contributed by atoms with E-state index in [0.29, 0.717) is 28.2 Å². The predicted octanol–water partition coefficient (Wildman–Crippen LogP) is 5.13. The van der Waals surface area contributed by atoms with Gasteiger partial charge in [0.15, 0.2) is 5.43 Å². The van der Waals surface area contributed by atoms with E-state index in [1.54, 1.807) is 62.8 Å². The first-order valence-electron chi connectivity index (χ1n) is 9.91. The SMILES string of the molecule is COc1ccc(/C=C/C(=O)Nc2ccc(-c3cc(=O)c4cc(OC)ccc4o3)cc2)cc1. The third-order valence-corrected chi connectivity index (χ3v) is 4.91. The Morgan fingerprint density at radius 2 is 1.56 bits per heavy atom. The molecule has 0 saturated heterocycles. The Morgan fingerprint density at radius 3 is 2.25 bits per heavy atom. The van der Waals surface area contributed by atoms with Crippen LogP contribution in [0.3, 0.4) is 0 Å². The van der Waals surface area contributed by atoms with Gasteiger partial charge in [-0.2, -0.15) is 0 Å². The highest BCUT2D eigenvalue weighted by Gasteiger charge is 2.08. The number of hydrogen-bond donors (Lipinski definition) is 1. The molecule has 0 spiro atoms. The largest absolute Gasteiger partial charge is 0.497 e. The first-order valence-corrected chi connectivity index (χ1v) is 9.91. The normalized spacial score (nSPS) is 10.9. The minimum Gasteiger partial charge on any atom is -0.497 e. The van der Waals surface area contributed by atoms with Crippen molar-refractivity contribution in [2.75, 3.05) is 19.5 Å². The summed E-state index contributed by atoms with van der Waals surface area (Å²) in [4.78, 5) is 24.7. The van der Waals surface area contributed by atoms with Crippen LogP contribution in [0.2, 0.25) is 0 Å². The minimum atomic E-state index is -0.250. The number of amides is 1. The zero-order chi connectivity index (χ0) is 22.5. The number of hydrogen-bond acceptors (Lipinski definition) is 5. The molecular formula is C26H21NO5. The summed E-state index contributed by atoms with van der Waals surface area (Å²) < 4.78 is 16.2. The molecular weight excluding hydrogens is 406 g/mol. The molecule has 0 aliphatic rings. The molecule has 0 fully saturated rings. The van der Waals surface area contributed by atoms with Gasteiger partial charge in [-0.1, -0.05) is 12.1 Å². The number of anilines is 1. The maximum Gasteiger partial charge on any atom is 0.248 e. The van der Waals surface area contributed by atoms with Gasteiger partial charge < -0.3 is 19.2 Å². The van der Waals surface area contributed by atoms with Crippen molar-refractivity contribution in [1.82, 2.24) is 0 Å². The molecule has 0 bridgehead atoms. The molecule has 1 amide bonds. The van der Waals surface area contributed by atoms with Crippen LogP contribution >= 0.6 is 0 Å². The molecule has 4 rings (SSSR count). The molecule has 4 aromatic rings. The summed E-state index contributed by atoms with van der Waals surface area (Å²) in [5, 5.41) is 3.27. The molecule has 0 radical (unpaired) electrons. The molecule has 0 aliphatic carbocycles. The van der Waals surface area contributed by atoms with Gasteiger partial charge in [-0.15, -0.1) is 0 Å². The lowest BCUT2D eigenvalue weighted by atomic mass is 10.1. The predicted molar refractivity (Wildman–Crippen MR) is 125 cm³/mol. The van der Waals surface area contributed by atoms with E-state index in [0.717, 1.165) is 16.9 Å². The smallest absolute Gasteiger partial charge is 0.248 e. The molecule has 0 atom stereocenters. The summed E-state index contributed by atoms with van der Waals surface area (Å²) in [6.07, 6.45) is 3.19. The van der Waals surface area contributed by atoms with Crippen molar-refractivity contribution in [1.29, 1.82) is 0 Å². The van der Waals surface area contributed by atoms with Crippen LogP contribution in [0.5, 0.6) is 11.5 Å². The number of nitrogens with one attached hydrogen (secondary N) is 1. The van der Waals surface area contributed by atoms with Crippen molar-refractivity contribution in [2.24, 2.45) is 0 Å². The number of ether oxygens (including phenoxy) is 2. The average Bonchev–Trinajstić information content (AvgIpc) is 2.83. The Morgan fingerprint density at radius 1 is 0.875 bits per heavy atom. The molecule has 1 heterocycles. The molecule has 1 aromatic heterocycles. The number of methoxy groups -OCH3 is 2. The highest BCUT2D eigenvalue weighted by molar-refractivity contribution is 6.02. The molecule has 0 saturated carbocycles. The molecule has 6 heteroatoms. The van der Waals surface area contributed by atoms with E-state index < -0.39 is 0 Å². The van der Waals surface area contributed by atoms with Gasteiger partial charge in [0.05, 0.1) is 19.6 Å². The molecule has 160 valence electrons. The Balaban J connectivity index is 1.47. The van der Waals surface area contributed by atoms with Crippen molar-refractivity contribution in [3.8, 4) is 22.8 Å². The molecule has 32 heavy (non-hydrogen) atoms. The van der Waals surface area contributed by atoms with E-state index >= 15 is 0 Å². The highest BCUT2D eigenvalue weighted by Crippen LogP contribution is 2.25. The van der Waals surface area contributed by atoms with Gasteiger partial charge in [-0.25, -0.2) is 0 Å². The molecule has 0 aliphatic heterocycles. The third-order valence-electron chi connectivity index (χ3n) is 4.91. The number of fused-ring (bicyclic) bond motifs is 1. The average molecular weight is 427 g/mol. The van der Waals surface area contributed by atoms with Gasteiger partial charge >= 0.3 is 0 Å². The Kier molecular flexibility index (Phi) is 6.03. The van der Waals surface area contributed by atoms with Gasteiger partial charge in [0.25, 0.3) is 0 Å². The monoisotopic (exact) mass is 427 g/mol. The van der Waals surface area contributed by atoms with Crippen molar-refractivity contribution in [3.05, 3.63) is 94.7 Å². The summed E-state index contributed by atoms with van der Waals surface area (Å²) in [6, 6.07) is 21.0. The summed E-state index contributed by atoms with van der Waals surface area (Å²) in [7, 11) is 3.15. The zero-order valence-corrected chi connectivity index (χ0v) is 17.6. The summed E-state index contributed by atoms with van der Waals surface area (Å²) >= 11 is 0. The van der Waals surface area contributed by atoms with Crippen LogP contribution < -0.4 is 20.2 Å². The van der Waals surface area contributed by atoms with Gasteiger partial charge in [0.2, 0.25) is 5.91 Å². The number of carbonyl (C=O) groups excluding carboxylic acids is 1. The van der Waals surface area contributed by atoms with Crippen molar-refractivity contribution in [3.63, 3.8) is 0 Å². The summed E-state index contributed by atoms with van der Waals surface area (Å²) in [5.41, 5.74) is 2.58. The van der Waals surface area contributed by atoms with E-state index in [-0.39, 0.29) is 11.3 Å². The lowest BCUT2D eigenvalue weighted by Crippen LogP contribution is -2.07. The standard InChI is InChI=1S/C26H21NO5/c1-30-20-10-3-17(4-11-20)5-14-26(29)27-19-8-6-18(7-9-19)25-16-23(28)22-15-21(31-2)12-13-24(22)32-25/h3-16H,1-2H3,(H,27,29)/b14-5+. The second-order valence-corrected chi connectivity index (χ2v) is 7.01. The van der Waals surface area contributed by atoms with E-state index in [1.165, 1.54) is 12.1 Å². The van der Waals surface area contributed by atoms with Crippen LogP contribution in [0.25, 0.3) is 28.4 Å². The Hall–Kier alpha value is -4.32. The highest BCUT2D eigenvalue weighted by atomic mass is 16.5. The van der Waals surface area contributed by atoms with Gasteiger partial charge in [0, 0.05) is 23.4 Å². The van der Waals surface area contributed by atoms with Gasteiger partial charge in [-0.3, -0.25) is 9.59 Å². The zero-order valence-electron chi connectivity index (χ0n) is 17.6. The van der Waals surface area contributed by atoms with Crippen LogP contribution in [0.1, 0.15) is 5.56 Å². The maximum atomic E-state index is 12.5. The molecule has 1 N–H and O–H groups in total. The lowest BCUT2D eigenvalue weighted by Gasteiger charge is -2.06. The fourth-order valence-electron chi connectivity index (χ4n) is 3.19. The summed E-state index contributed by atoms with van der Waals surface area (Å²) in [6.45, 7) is 0. The minimum absolute atomic E-state index is 0.152. The van der Waals surface area contributed by atoms with E-state index in [2.05, 4.69) is 5.32 Å². The Labute approximate surface area is 184 Å². The van der Waals surface area contributed by atoms with Crippen molar-refractivity contribution >= 4 is 28.6 Å². The van der Waals surface area contributed by atoms with Crippen LogP contribution in [-0.2, 0) is 4.79 Å². The first-order chi connectivity index (χ1) is 15.6. The second-order valence-electron chi connectivity index (χ2n) is 7.01. The van der Waals surface area contributed by atoms with Crippen LogP contribution in [0.15, 0.2) is 88.1 Å². The van der Waals surface area contributed by atoms with Crippen LogP contribution in [0.4, 0.5) is 5.69 Å². The van der Waals surface area contributed by atoms with Gasteiger partial charge in [0.1, 0.15) is 22.8 Å². The quantitative estimate of drug-likeness (QED) is 0.432. The van der Waals surface area contributed by atoms with Gasteiger partial charge in [-0.05, 0) is 66.2 Å². The molecule has 3 aromatic carbocycles. The van der Waals surface area contributed by atoms with E-state index in [4.69, 9.17) is 13.9 Å². The van der Waals surface area contributed by atoms with Crippen molar-refractivity contribution in [2.45, 2.75) is 0 Å². The molecule has 6 nitrogen and oxygen atoms in total.